The number of fused-ring (bicyclic) bond motifs is 1. The Morgan fingerprint density at radius 1 is 1.05 bits per heavy atom. The quantitative estimate of drug-likeness (QED) is 0.278. The molecule has 6 nitrogen and oxygen atoms in total. The minimum Gasteiger partial charge on any atom is -0.358 e. The molecular weight excluding hydrogens is 528 g/mol. The molecule has 4 rings (SSSR count). The number of hydrogen-bond donors (Lipinski definition) is 3. The average Bonchev–Trinajstić information content (AvgIpc) is 3.31. The SMILES string of the molecule is Cc1[nH]c(/C=C2\C(=O)Nc3cccc(-c4ccc(Br)cc4)c32)c(C)c1C(=O)NCCN(C(C)C)C(C)C. The number of aryl methyl sites for hydroxylation is 1. The third-order valence-corrected chi connectivity index (χ3v) is 7.48. The maximum absolute atomic E-state index is 13.1. The Kier molecular flexibility index (Phi) is 8.05. The number of benzene rings is 2. The Morgan fingerprint density at radius 3 is 2.38 bits per heavy atom. The van der Waals surface area contributed by atoms with Crippen molar-refractivity contribution in [1.29, 1.82) is 0 Å². The lowest BCUT2D eigenvalue weighted by Crippen LogP contribution is -2.42. The van der Waals surface area contributed by atoms with Crippen LogP contribution in [0.25, 0.3) is 22.8 Å². The van der Waals surface area contributed by atoms with Crippen molar-refractivity contribution in [3.8, 4) is 11.1 Å². The van der Waals surface area contributed by atoms with Crippen LogP contribution >= 0.6 is 15.9 Å². The predicted octanol–water partition coefficient (Wildman–Crippen LogP) is 6.40. The number of anilines is 1. The van der Waals surface area contributed by atoms with Gasteiger partial charge in [0.25, 0.3) is 11.8 Å². The first kappa shape index (κ1) is 26.9. The highest BCUT2D eigenvalue weighted by molar-refractivity contribution is 9.10. The summed E-state index contributed by atoms with van der Waals surface area (Å²) in [6.07, 6.45) is 1.86. The zero-order valence-corrected chi connectivity index (χ0v) is 23.9. The molecule has 0 saturated heterocycles. The van der Waals surface area contributed by atoms with Gasteiger partial charge in [0.15, 0.2) is 0 Å². The number of nitrogens with zero attached hydrogens (tertiary/aromatic N) is 1. The second-order valence-electron chi connectivity index (χ2n) is 10.1. The molecule has 0 radical (unpaired) electrons. The van der Waals surface area contributed by atoms with Gasteiger partial charge in [-0.25, -0.2) is 0 Å². The summed E-state index contributed by atoms with van der Waals surface area (Å²) in [4.78, 5) is 31.9. The molecule has 1 aliphatic heterocycles. The predicted molar refractivity (Wildman–Crippen MR) is 156 cm³/mol. The van der Waals surface area contributed by atoms with Gasteiger partial charge >= 0.3 is 0 Å². The molecule has 7 heteroatoms. The van der Waals surface area contributed by atoms with Gasteiger partial charge in [-0.15, -0.1) is 0 Å². The van der Waals surface area contributed by atoms with E-state index in [1.54, 1.807) is 0 Å². The Balaban J connectivity index is 1.63. The lowest BCUT2D eigenvalue weighted by molar-refractivity contribution is -0.110. The van der Waals surface area contributed by atoms with Crippen molar-refractivity contribution < 1.29 is 9.59 Å². The van der Waals surface area contributed by atoms with Gasteiger partial charge in [-0.1, -0.05) is 40.2 Å². The van der Waals surface area contributed by atoms with E-state index >= 15 is 0 Å². The molecule has 0 fully saturated rings. The van der Waals surface area contributed by atoms with Gasteiger partial charge in [0, 0.05) is 52.3 Å². The highest BCUT2D eigenvalue weighted by Gasteiger charge is 2.28. The highest BCUT2D eigenvalue weighted by atomic mass is 79.9. The van der Waals surface area contributed by atoms with E-state index in [4.69, 9.17) is 0 Å². The summed E-state index contributed by atoms with van der Waals surface area (Å²) in [6.45, 7) is 13.9. The van der Waals surface area contributed by atoms with Gasteiger partial charge in [0.1, 0.15) is 0 Å². The summed E-state index contributed by atoms with van der Waals surface area (Å²) in [6, 6.07) is 14.8. The lowest BCUT2D eigenvalue weighted by atomic mass is 9.94. The maximum Gasteiger partial charge on any atom is 0.256 e. The zero-order valence-electron chi connectivity index (χ0n) is 22.3. The van der Waals surface area contributed by atoms with Gasteiger partial charge in [0.05, 0.1) is 11.1 Å². The summed E-state index contributed by atoms with van der Waals surface area (Å²) in [5.41, 5.74) is 7.25. The third kappa shape index (κ3) is 5.58. The summed E-state index contributed by atoms with van der Waals surface area (Å²) < 4.78 is 0.998. The lowest BCUT2D eigenvalue weighted by Gasteiger charge is -2.30. The Bertz CT molecular complexity index is 1340. The first-order valence-electron chi connectivity index (χ1n) is 12.7. The van der Waals surface area contributed by atoms with Crippen LogP contribution in [0.1, 0.15) is 60.6 Å². The largest absolute Gasteiger partial charge is 0.358 e. The fourth-order valence-corrected chi connectivity index (χ4v) is 5.42. The van der Waals surface area contributed by atoms with E-state index < -0.39 is 0 Å². The number of nitrogens with one attached hydrogen (secondary N) is 3. The standard InChI is InChI=1S/C30H35BrN4O2/c1-17(2)35(18(3)4)15-14-32-30(37)27-19(5)26(33-20(27)6)16-24-28-23(21-10-12-22(31)13-11-21)8-7-9-25(28)34-29(24)36/h7-13,16-18,33H,14-15H2,1-6H3,(H,32,37)(H,34,36)/b24-16-. The van der Waals surface area contributed by atoms with Crippen molar-refractivity contribution in [2.75, 3.05) is 18.4 Å². The van der Waals surface area contributed by atoms with Crippen LogP contribution in [0.5, 0.6) is 0 Å². The minimum absolute atomic E-state index is 0.102. The van der Waals surface area contributed by atoms with Crippen LogP contribution in [0.15, 0.2) is 46.9 Å². The molecule has 3 N–H and O–H groups in total. The average molecular weight is 564 g/mol. The van der Waals surface area contributed by atoms with Crippen LogP contribution in [-0.2, 0) is 4.79 Å². The molecule has 0 bridgehead atoms. The monoisotopic (exact) mass is 562 g/mol. The molecule has 37 heavy (non-hydrogen) atoms. The van der Waals surface area contributed by atoms with Crippen LogP contribution in [0.4, 0.5) is 5.69 Å². The summed E-state index contributed by atoms with van der Waals surface area (Å²) in [7, 11) is 0. The van der Waals surface area contributed by atoms with Crippen molar-refractivity contribution in [2.45, 2.75) is 53.6 Å². The smallest absolute Gasteiger partial charge is 0.256 e. The minimum atomic E-state index is -0.153. The van der Waals surface area contributed by atoms with Gasteiger partial charge in [-0.2, -0.15) is 0 Å². The van der Waals surface area contributed by atoms with Gasteiger partial charge in [-0.05, 0) is 82.5 Å². The molecule has 194 valence electrons. The van der Waals surface area contributed by atoms with E-state index in [2.05, 4.69) is 64.1 Å². The Labute approximate surface area is 227 Å². The van der Waals surface area contributed by atoms with E-state index in [0.717, 1.165) is 50.3 Å². The molecule has 2 heterocycles. The number of carbonyl (C=O) groups is 2. The highest BCUT2D eigenvalue weighted by Crippen LogP contribution is 2.41. The van der Waals surface area contributed by atoms with E-state index in [1.165, 1.54) is 0 Å². The fraction of sp³-hybridized carbons (Fsp3) is 0.333. The molecule has 2 amide bonds. The molecular formula is C30H35BrN4O2. The first-order chi connectivity index (χ1) is 17.6. The number of hydrogen-bond acceptors (Lipinski definition) is 3. The number of carbonyl (C=O) groups excluding carboxylic acids is 2. The van der Waals surface area contributed by atoms with Crippen LogP contribution in [-0.4, -0.2) is 46.9 Å². The summed E-state index contributed by atoms with van der Waals surface area (Å²) >= 11 is 3.49. The van der Waals surface area contributed by atoms with Crippen molar-refractivity contribution >= 4 is 45.1 Å². The number of rotatable bonds is 8. The molecule has 1 aromatic heterocycles. The Hall–Kier alpha value is -3.16. The molecule has 1 aliphatic rings. The molecule has 0 spiro atoms. The van der Waals surface area contributed by atoms with E-state index in [0.29, 0.717) is 29.8 Å². The van der Waals surface area contributed by atoms with Crippen molar-refractivity contribution in [1.82, 2.24) is 15.2 Å². The normalized spacial score (nSPS) is 14.1. The van der Waals surface area contributed by atoms with E-state index in [1.807, 2.05) is 62.4 Å². The van der Waals surface area contributed by atoms with Crippen LogP contribution in [0.3, 0.4) is 0 Å². The maximum atomic E-state index is 13.1. The second-order valence-corrected chi connectivity index (χ2v) is 11.0. The van der Waals surface area contributed by atoms with Crippen molar-refractivity contribution in [2.24, 2.45) is 0 Å². The Morgan fingerprint density at radius 2 is 1.73 bits per heavy atom. The fourth-order valence-electron chi connectivity index (χ4n) is 5.16. The molecule has 0 unspecified atom stereocenters. The summed E-state index contributed by atoms with van der Waals surface area (Å²) in [5.74, 6) is -0.255. The molecule has 0 saturated carbocycles. The number of amides is 2. The number of aromatic amines is 1. The van der Waals surface area contributed by atoms with Crippen molar-refractivity contribution in [3.05, 3.63) is 75.0 Å². The van der Waals surface area contributed by atoms with Gasteiger partial charge < -0.3 is 15.6 Å². The zero-order chi connectivity index (χ0) is 26.9. The van der Waals surface area contributed by atoms with Crippen molar-refractivity contribution in [3.63, 3.8) is 0 Å². The van der Waals surface area contributed by atoms with E-state index in [9.17, 15) is 9.59 Å². The summed E-state index contributed by atoms with van der Waals surface area (Å²) in [5, 5.41) is 6.08. The second kappa shape index (κ2) is 11.1. The van der Waals surface area contributed by atoms with E-state index in [-0.39, 0.29) is 11.8 Å². The number of aromatic nitrogens is 1. The molecule has 3 aromatic rings. The topological polar surface area (TPSA) is 77.2 Å². The van der Waals surface area contributed by atoms with Gasteiger partial charge in [-0.3, -0.25) is 14.5 Å². The number of halogens is 1. The molecule has 0 aliphatic carbocycles. The number of H-pyrrole nitrogens is 1. The molecule has 2 aromatic carbocycles. The van der Waals surface area contributed by atoms with Crippen LogP contribution in [0, 0.1) is 13.8 Å². The first-order valence-corrected chi connectivity index (χ1v) is 13.5. The third-order valence-electron chi connectivity index (χ3n) is 6.96. The molecule has 0 atom stereocenters. The van der Waals surface area contributed by atoms with Crippen LogP contribution < -0.4 is 10.6 Å². The van der Waals surface area contributed by atoms with Crippen LogP contribution in [0.2, 0.25) is 0 Å². The van der Waals surface area contributed by atoms with Gasteiger partial charge in [0.2, 0.25) is 0 Å².